The van der Waals surface area contributed by atoms with Crippen molar-refractivity contribution in [2.75, 3.05) is 7.05 Å². The average molecular weight is 472 g/mol. The molecular weight excluding hydrogens is 450 g/mol. The number of amides is 2. The van der Waals surface area contributed by atoms with E-state index in [1.54, 1.807) is 48.5 Å². The minimum atomic E-state index is -3.94. The Labute approximate surface area is 191 Å². The van der Waals surface area contributed by atoms with Crippen LogP contribution in [0.5, 0.6) is 0 Å². The lowest BCUT2D eigenvalue weighted by molar-refractivity contribution is 0.0961. The van der Waals surface area contributed by atoms with Gasteiger partial charge >= 0.3 is 0 Å². The Morgan fingerprint density at radius 3 is 2.16 bits per heavy atom. The van der Waals surface area contributed by atoms with E-state index in [9.17, 15) is 18.0 Å². The van der Waals surface area contributed by atoms with Gasteiger partial charge in [-0.3, -0.25) is 9.59 Å². The number of nitrogens with two attached hydrogens (primary N) is 1. The summed E-state index contributed by atoms with van der Waals surface area (Å²) in [4.78, 5) is 23.7. The van der Waals surface area contributed by atoms with Crippen LogP contribution in [-0.4, -0.2) is 31.6 Å². The lowest BCUT2D eigenvalue weighted by atomic mass is 10.1. The molecule has 9 heteroatoms. The SMILES string of the molecule is CNC(=O)c1ccc(CN(Cc2ccccc2C(N)=O)S(=O)(=O)c2ccc(Cl)cc2)cc1. The second-order valence-corrected chi connectivity index (χ2v) is 9.40. The van der Waals surface area contributed by atoms with Gasteiger partial charge in [0.25, 0.3) is 5.91 Å². The topological polar surface area (TPSA) is 110 Å². The van der Waals surface area contributed by atoms with Gasteiger partial charge in [-0.15, -0.1) is 0 Å². The molecule has 0 fully saturated rings. The van der Waals surface area contributed by atoms with Crippen molar-refractivity contribution in [3.8, 4) is 0 Å². The Morgan fingerprint density at radius 1 is 0.938 bits per heavy atom. The third kappa shape index (κ3) is 5.34. The van der Waals surface area contributed by atoms with E-state index in [-0.39, 0.29) is 29.5 Å². The van der Waals surface area contributed by atoms with Crippen LogP contribution in [0.25, 0.3) is 0 Å². The molecule has 7 nitrogen and oxygen atoms in total. The van der Waals surface area contributed by atoms with Crippen LogP contribution in [0.3, 0.4) is 0 Å². The van der Waals surface area contributed by atoms with E-state index < -0.39 is 15.9 Å². The van der Waals surface area contributed by atoms with Crippen molar-refractivity contribution in [1.29, 1.82) is 0 Å². The Morgan fingerprint density at radius 2 is 1.56 bits per heavy atom. The number of hydrogen-bond acceptors (Lipinski definition) is 4. The van der Waals surface area contributed by atoms with Gasteiger partial charge in [-0.1, -0.05) is 41.9 Å². The van der Waals surface area contributed by atoms with Crippen LogP contribution in [0, 0.1) is 0 Å². The van der Waals surface area contributed by atoms with E-state index in [1.165, 1.54) is 35.6 Å². The number of rotatable bonds is 8. The highest BCUT2D eigenvalue weighted by atomic mass is 35.5. The molecule has 3 N–H and O–H groups in total. The van der Waals surface area contributed by atoms with Crippen LogP contribution in [-0.2, 0) is 23.1 Å². The average Bonchev–Trinajstić information content (AvgIpc) is 2.79. The maximum absolute atomic E-state index is 13.5. The molecule has 0 radical (unpaired) electrons. The molecule has 166 valence electrons. The highest BCUT2D eigenvalue weighted by Gasteiger charge is 2.26. The van der Waals surface area contributed by atoms with Gasteiger partial charge in [0.15, 0.2) is 0 Å². The van der Waals surface area contributed by atoms with E-state index in [4.69, 9.17) is 17.3 Å². The van der Waals surface area contributed by atoms with Gasteiger partial charge in [0, 0.05) is 36.3 Å². The molecular formula is C23H22ClN3O4S. The van der Waals surface area contributed by atoms with Gasteiger partial charge in [-0.05, 0) is 53.6 Å². The fourth-order valence-electron chi connectivity index (χ4n) is 3.18. The summed E-state index contributed by atoms with van der Waals surface area (Å²) in [7, 11) is -2.41. The lowest BCUT2D eigenvalue weighted by Crippen LogP contribution is -2.31. The van der Waals surface area contributed by atoms with Crippen molar-refractivity contribution in [2.45, 2.75) is 18.0 Å². The molecule has 0 aliphatic rings. The van der Waals surface area contributed by atoms with E-state index in [1.807, 2.05) is 0 Å². The van der Waals surface area contributed by atoms with E-state index in [0.29, 0.717) is 21.7 Å². The quantitative estimate of drug-likeness (QED) is 0.525. The molecule has 0 aliphatic carbocycles. The molecule has 3 aromatic carbocycles. The van der Waals surface area contributed by atoms with Crippen molar-refractivity contribution in [2.24, 2.45) is 5.73 Å². The van der Waals surface area contributed by atoms with Crippen molar-refractivity contribution in [3.63, 3.8) is 0 Å². The van der Waals surface area contributed by atoms with Gasteiger partial charge in [0.1, 0.15) is 0 Å². The van der Waals surface area contributed by atoms with E-state index in [0.717, 1.165) is 0 Å². The van der Waals surface area contributed by atoms with Gasteiger partial charge in [-0.2, -0.15) is 4.31 Å². The zero-order chi connectivity index (χ0) is 23.3. The van der Waals surface area contributed by atoms with E-state index >= 15 is 0 Å². The second kappa shape index (κ2) is 9.95. The van der Waals surface area contributed by atoms with Gasteiger partial charge < -0.3 is 11.1 Å². The number of sulfonamides is 1. The number of benzene rings is 3. The largest absolute Gasteiger partial charge is 0.366 e. The molecule has 0 bridgehead atoms. The summed E-state index contributed by atoms with van der Waals surface area (Å²) in [5.74, 6) is -0.878. The molecule has 2 amide bonds. The number of carbonyl (C=O) groups is 2. The maximum Gasteiger partial charge on any atom is 0.251 e. The molecule has 0 heterocycles. The monoisotopic (exact) mass is 471 g/mol. The zero-order valence-corrected chi connectivity index (χ0v) is 18.9. The Hall–Kier alpha value is -3.20. The number of carbonyl (C=O) groups excluding carboxylic acids is 2. The highest BCUT2D eigenvalue weighted by Crippen LogP contribution is 2.24. The standard InChI is InChI=1S/C23H22ClN3O4S/c1-26-23(29)17-8-6-16(7-9-17)14-27(15-18-4-2-3-5-21(18)22(25)28)32(30,31)20-12-10-19(24)11-13-20/h2-13H,14-15H2,1H3,(H2,25,28)(H,26,29). The number of nitrogens with one attached hydrogen (secondary N) is 1. The van der Waals surface area contributed by atoms with Crippen LogP contribution >= 0.6 is 11.6 Å². The van der Waals surface area contributed by atoms with Gasteiger partial charge in [0.05, 0.1) is 4.90 Å². The van der Waals surface area contributed by atoms with Crippen LogP contribution in [0.4, 0.5) is 0 Å². The molecule has 0 saturated heterocycles. The van der Waals surface area contributed by atoms with Crippen molar-refractivity contribution in [1.82, 2.24) is 9.62 Å². The smallest absolute Gasteiger partial charge is 0.251 e. The zero-order valence-electron chi connectivity index (χ0n) is 17.3. The fourth-order valence-corrected chi connectivity index (χ4v) is 4.71. The number of primary amides is 1. The number of nitrogens with zero attached hydrogens (tertiary/aromatic N) is 1. The molecule has 0 spiro atoms. The predicted molar refractivity (Wildman–Crippen MR) is 123 cm³/mol. The third-order valence-electron chi connectivity index (χ3n) is 4.88. The number of halogens is 1. The normalized spacial score (nSPS) is 11.3. The first-order chi connectivity index (χ1) is 15.2. The fraction of sp³-hybridized carbons (Fsp3) is 0.130. The van der Waals surface area contributed by atoms with Gasteiger partial charge in [0.2, 0.25) is 15.9 Å². The third-order valence-corrected chi connectivity index (χ3v) is 6.94. The predicted octanol–water partition coefficient (Wildman–Crippen LogP) is 3.19. The van der Waals surface area contributed by atoms with Crippen LogP contribution in [0.15, 0.2) is 77.7 Å². The molecule has 32 heavy (non-hydrogen) atoms. The summed E-state index contributed by atoms with van der Waals surface area (Å²) in [5, 5.41) is 2.96. The molecule has 0 unspecified atom stereocenters. The molecule has 0 atom stereocenters. The summed E-state index contributed by atoms with van der Waals surface area (Å²) in [6.45, 7) is -0.0483. The molecule has 3 rings (SSSR count). The number of hydrogen-bond donors (Lipinski definition) is 2. The lowest BCUT2D eigenvalue weighted by Gasteiger charge is -2.23. The minimum absolute atomic E-state index is 0.0199. The summed E-state index contributed by atoms with van der Waals surface area (Å²) in [6, 6.07) is 19.1. The summed E-state index contributed by atoms with van der Waals surface area (Å²) >= 11 is 5.92. The Balaban J connectivity index is 2.00. The Kier molecular flexibility index (Phi) is 7.29. The first-order valence-corrected chi connectivity index (χ1v) is 11.5. The first kappa shape index (κ1) is 23.5. The molecule has 3 aromatic rings. The summed E-state index contributed by atoms with van der Waals surface area (Å²) < 4.78 is 28.2. The van der Waals surface area contributed by atoms with Crippen LogP contribution in [0.1, 0.15) is 31.8 Å². The van der Waals surface area contributed by atoms with Gasteiger partial charge in [-0.25, -0.2) is 8.42 Å². The van der Waals surface area contributed by atoms with Crippen LogP contribution < -0.4 is 11.1 Å². The minimum Gasteiger partial charge on any atom is -0.366 e. The summed E-state index contributed by atoms with van der Waals surface area (Å²) in [6.07, 6.45) is 0. The van der Waals surface area contributed by atoms with Crippen molar-refractivity contribution in [3.05, 3.63) is 100 Å². The van der Waals surface area contributed by atoms with Crippen molar-refractivity contribution >= 4 is 33.4 Å². The molecule has 0 aliphatic heterocycles. The highest BCUT2D eigenvalue weighted by molar-refractivity contribution is 7.89. The maximum atomic E-state index is 13.5. The van der Waals surface area contributed by atoms with Crippen molar-refractivity contribution < 1.29 is 18.0 Å². The van der Waals surface area contributed by atoms with E-state index in [2.05, 4.69) is 5.32 Å². The molecule has 0 aromatic heterocycles. The first-order valence-electron chi connectivity index (χ1n) is 9.67. The van der Waals surface area contributed by atoms with Crippen LogP contribution in [0.2, 0.25) is 5.02 Å². The Bertz CT molecular complexity index is 1230. The summed E-state index contributed by atoms with van der Waals surface area (Å²) in [5.41, 5.74) is 7.35. The molecule has 0 saturated carbocycles. The second-order valence-electron chi connectivity index (χ2n) is 7.02.